The van der Waals surface area contributed by atoms with Gasteiger partial charge < -0.3 is 19.3 Å². The van der Waals surface area contributed by atoms with E-state index in [-0.39, 0.29) is 17.7 Å². The van der Waals surface area contributed by atoms with E-state index < -0.39 is 33.4 Å². The maximum atomic E-state index is 13.7. The van der Waals surface area contributed by atoms with E-state index in [2.05, 4.69) is 15.0 Å². The molecular weight excluding hydrogens is 525 g/mol. The fraction of sp³-hybridized carbons (Fsp3) is 0.360. The average molecular weight is 550 g/mol. The minimum atomic E-state index is -1.45. The van der Waals surface area contributed by atoms with E-state index in [4.69, 9.17) is 21.1 Å². The lowest BCUT2D eigenvalue weighted by Crippen LogP contribution is -2.41. The van der Waals surface area contributed by atoms with Gasteiger partial charge in [0.05, 0.1) is 10.3 Å². The molecule has 1 fully saturated rings. The van der Waals surface area contributed by atoms with Gasteiger partial charge in [0.25, 0.3) is 0 Å². The van der Waals surface area contributed by atoms with Crippen molar-refractivity contribution in [2.75, 3.05) is 12.1 Å². The standard InChI is InChI=1S/C25H25ClFN3O4S2/c1-24(2,3)36(32)30-21(16-6-5-15(27)11-17(16)26)20-12-28-23(35-20)29-22(31)25(8-9-25)14-4-7-18-19(10-14)34-13-33-18/h4-7,10-12,21,30H,8-9,13H2,1-3H3,(H,28,29,31)/t21-,36+/m0/s1. The van der Waals surface area contributed by atoms with Crippen LogP contribution in [0, 0.1) is 5.82 Å². The van der Waals surface area contributed by atoms with E-state index in [9.17, 15) is 13.7 Å². The van der Waals surface area contributed by atoms with Crippen molar-refractivity contribution in [3.05, 3.63) is 69.4 Å². The molecular formula is C25H25ClFN3O4S2. The lowest BCUT2D eigenvalue weighted by atomic mass is 9.94. The number of thiazole rings is 1. The maximum Gasteiger partial charge on any atom is 0.236 e. The summed E-state index contributed by atoms with van der Waals surface area (Å²) in [5.74, 6) is 0.699. The van der Waals surface area contributed by atoms with Gasteiger partial charge in [0.2, 0.25) is 12.7 Å². The number of hydrogen-bond donors (Lipinski definition) is 2. The van der Waals surface area contributed by atoms with Crippen molar-refractivity contribution < 1.29 is 23.2 Å². The molecule has 2 aromatic carbocycles. The fourth-order valence-corrected chi connectivity index (χ4v) is 6.01. The fourth-order valence-electron chi connectivity index (χ4n) is 3.95. The van der Waals surface area contributed by atoms with Gasteiger partial charge in [-0.15, -0.1) is 4.72 Å². The lowest BCUT2D eigenvalue weighted by molar-refractivity contribution is -0.118. The summed E-state index contributed by atoms with van der Waals surface area (Å²) in [6.45, 7) is 5.72. The minimum Gasteiger partial charge on any atom is -0.598 e. The Labute approximate surface area is 220 Å². The second-order valence-electron chi connectivity index (χ2n) is 9.77. The molecule has 0 unspecified atom stereocenters. The largest absolute Gasteiger partial charge is 0.598 e. The number of carbonyl (C=O) groups is 1. The summed E-state index contributed by atoms with van der Waals surface area (Å²) in [6, 6.07) is 9.06. The molecule has 1 aliphatic carbocycles. The molecule has 7 nitrogen and oxygen atoms in total. The van der Waals surface area contributed by atoms with Gasteiger partial charge in [0.1, 0.15) is 16.6 Å². The number of benzene rings is 2. The topological polar surface area (TPSA) is 95.5 Å². The van der Waals surface area contributed by atoms with Gasteiger partial charge in [-0.05, 0) is 69.0 Å². The highest BCUT2D eigenvalue weighted by molar-refractivity contribution is 7.90. The van der Waals surface area contributed by atoms with Crippen LogP contribution in [0.2, 0.25) is 5.02 Å². The van der Waals surface area contributed by atoms with Crippen molar-refractivity contribution in [2.45, 2.75) is 49.8 Å². The summed E-state index contributed by atoms with van der Waals surface area (Å²) < 4.78 is 40.1. The van der Waals surface area contributed by atoms with Gasteiger partial charge in [0.15, 0.2) is 16.6 Å². The Bertz CT molecular complexity index is 1310. The first kappa shape index (κ1) is 25.3. The molecule has 2 N–H and O–H groups in total. The molecule has 0 spiro atoms. The van der Waals surface area contributed by atoms with E-state index >= 15 is 0 Å². The number of ether oxygens (including phenoxy) is 2. The van der Waals surface area contributed by atoms with Crippen molar-refractivity contribution in [3.8, 4) is 11.5 Å². The molecule has 3 aromatic rings. The number of fused-ring (bicyclic) bond motifs is 1. The first-order chi connectivity index (χ1) is 17.1. The second-order valence-corrected chi connectivity index (χ2v) is 13.2. The number of anilines is 1. The quantitative estimate of drug-likeness (QED) is 0.379. The van der Waals surface area contributed by atoms with Crippen molar-refractivity contribution in [1.29, 1.82) is 0 Å². The Morgan fingerprint density at radius 1 is 1.22 bits per heavy atom. The Morgan fingerprint density at radius 3 is 2.67 bits per heavy atom. The van der Waals surface area contributed by atoms with Crippen LogP contribution < -0.4 is 19.5 Å². The second kappa shape index (κ2) is 9.50. The predicted molar refractivity (Wildman–Crippen MR) is 139 cm³/mol. The highest BCUT2D eigenvalue weighted by atomic mass is 35.5. The predicted octanol–water partition coefficient (Wildman–Crippen LogP) is 5.48. The molecule has 1 amide bonds. The number of rotatable bonds is 7. The molecule has 0 radical (unpaired) electrons. The Hall–Kier alpha value is -2.37. The Morgan fingerprint density at radius 2 is 1.97 bits per heavy atom. The monoisotopic (exact) mass is 549 g/mol. The highest BCUT2D eigenvalue weighted by Crippen LogP contribution is 2.51. The number of amides is 1. The zero-order chi connectivity index (χ0) is 25.7. The van der Waals surface area contributed by atoms with Gasteiger partial charge in [-0.3, -0.25) is 4.79 Å². The van der Waals surface area contributed by atoms with Crippen LogP contribution in [-0.2, 0) is 21.6 Å². The van der Waals surface area contributed by atoms with Gasteiger partial charge in [-0.2, -0.15) is 0 Å². The van der Waals surface area contributed by atoms with E-state index in [0.29, 0.717) is 27.1 Å². The summed E-state index contributed by atoms with van der Waals surface area (Å²) in [5.41, 5.74) is 0.800. The SMILES string of the molecule is CC(C)(C)[S@@+]([O-])N[C@H](c1cnc(NC(=O)C2(c3ccc4c(c3)OCO4)CC2)s1)c1ccc(F)cc1Cl. The third-order valence-electron chi connectivity index (χ3n) is 6.19. The molecule has 1 aliphatic heterocycles. The number of carbonyl (C=O) groups excluding carboxylic acids is 1. The molecule has 1 saturated carbocycles. The van der Waals surface area contributed by atoms with Crippen LogP contribution in [0.25, 0.3) is 0 Å². The number of nitrogens with zero attached hydrogens (tertiary/aromatic N) is 1. The average Bonchev–Trinajstić information content (AvgIpc) is 3.28. The minimum absolute atomic E-state index is 0.148. The zero-order valence-corrected chi connectivity index (χ0v) is 22.3. The molecule has 0 bridgehead atoms. The summed E-state index contributed by atoms with van der Waals surface area (Å²) >= 11 is 6.16. The summed E-state index contributed by atoms with van der Waals surface area (Å²) in [6.07, 6.45) is 3.05. The summed E-state index contributed by atoms with van der Waals surface area (Å²) in [7, 11) is 0. The third kappa shape index (κ3) is 4.92. The Kier molecular flexibility index (Phi) is 6.67. The van der Waals surface area contributed by atoms with Crippen LogP contribution in [0.1, 0.15) is 55.7 Å². The lowest BCUT2D eigenvalue weighted by Gasteiger charge is -2.28. The third-order valence-corrected chi connectivity index (χ3v) is 9.06. The van der Waals surface area contributed by atoms with Crippen molar-refractivity contribution in [3.63, 3.8) is 0 Å². The molecule has 11 heteroatoms. The van der Waals surface area contributed by atoms with Gasteiger partial charge >= 0.3 is 0 Å². The normalized spacial score (nSPS) is 17.5. The van der Waals surface area contributed by atoms with E-state index in [0.717, 1.165) is 18.4 Å². The summed E-state index contributed by atoms with van der Waals surface area (Å²) in [5, 5.41) is 3.56. The molecule has 2 heterocycles. The van der Waals surface area contributed by atoms with Crippen LogP contribution in [0.3, 0.4) is 0 Å². The van der Waals surface area contributed by atoms with Gasteiger partial charge in [0, 0.05) is 22.6 Å². The van der Waals surface area contributed by atoms with Crippen molar-refractivity contribution in [2.24, 2.45) is 0 Å². The van der Waals surface area contributed by atoms with Crippen LogP contribution in [0.5, 0.6) is 11.5 Å². The van der Waals surface area contributed by atoms with Crippen LogP contribution in [-0.4, -0.2) is 27.0 Å². The highest BCUT2D eigenvalue weighted by Gasteiger charge is 2.52. The molecule has 2 atom stereocenters. The number of nitrogens with one attached hydrogen (secondary N) is 2. The molecule has 2 aliphatic rings. The number of halogens is 2. The van der Waals surface area contributed by atoms with Gasteiger partial charge in [-0.25, -0.2) is 9.37 Å². The molecule has 5 rings (SSSR count). The molecule has 36 heavy (non-hydrogen) atoms. The van der Waals surface area contributed by atoms with Crippen LogP contribution in [0.4, 0.5) is 9.52 Å². The summed E-state index contributed by atoms with van der Waals surface area (Å²) in [4.78, 5) is 18.4. The number of hydrogen-bond acceptors (Lipinski definition) is 7. The first-order valence-electron chi connectivity index (χ1n) is 11.4. The molecule has 190 valence electrons. The smallest absolute Gasteiger partial charge is 0.236 e. The van der Waals surface area contributed by atoms with Crippen molar-refractivity contribution >= 4 is 45.3 Å². The first-order valence-corrected chi connectivity index (χ1v) is 13.7. The van der Waals surface area contributed by atoms with E-state index in [1.165, 1.54) is 23.5 Å². The number of aromatic nitrogens is 1. The maximum absolute atomic E-state index is 13.7. The molecule has 1 aromatic heterocycles. The van der Waals surface area contributed by atoms with Gasteiger partial charge in [-0.1, -0.05) is 35.1 Å². The zero-order valence-electron chi connectivity index (χ0n) is 19.9. The van der Waals surface area contributed by atoms with E-state index in [1.54, 1.807) is 12.3 Å². The Balaban J connectivity index is 1.38. The van der Waals surface area contributed by atoms with Crippen LogP contribution in [0.15, 0.2) is 42.6 Å². The van der Waals surface area contributed by atoms with E-state index in [1.807, 2.05) is 39.0 Å². The van der Waals surface area contributed by atoms with Crippen molar-refractivity contribution in [1.82, 2.24) is 9.71 Å². The van der Waals surface area contributed by atoms with Crippen LogP contribution >= 0.6 is 22.9 Å². The molecule has 0 saturated heterocycles.